The molecule has 0 spiro atoms. The molecule has 0 radical (unpaired) electrons. The lowest BCUT2D eigenvalue weighted by Crippen LogP contribution is -2.12. The van der Waals surface area contributed by atoms with E-state index in [-0.39, 0.29) is 89.8 Å². The van der Waals surface area contributed by atoms with Gasteiger partial charge in [-0.05, 0) is 69.6 Å². The molecule has 12 N–H and O–H groups in total. The SMILES string of the molecule is CC(C)c1c(O)c(C(C)C)c(O)c(C(c2ccc(-c3ccc(C(c4c(O)c(C(C)C)c(O)c(C(C)C)c4O)c4c(O)c(C(C)C)c(O)c(C(C)C)c4O)cc3)cc2)c2c(O)c(C(C)C)c(O)c(C(C)C)c2O)c1O. The molecule has 12 nitrogen and oxygen atoms in total. The first kappa shape index (κ1) is 56.2. The van der Waals surface area contributed by atoms with Gasteiger partial charge in [0.25, 0.3) is 0 Å². The minimum atomic E-state index is -1.26. The molecule has 74 heavy (non-hydrogen) atoms. The van der Waals surface area contributed by atoms with Crippen molar-refractivity contribution < 1.29 is 61.3 Å². The molecule has 0 aliphatic heterocycles. The standard InChI is InChI=1S/C62H78O12/c1-25(2)37-51(63)38(26(3)4)56(68)47(55(37)67)45(48-57(69)39(27(5)6)52(64)40(28(7)8)58(48)70)35-21-17-33(18-22-35)34-19-23-36(24-20-34)46(49-59(71)41(29(9)10)53(65)42(30(11)12)60(49)72)50-61(73)43(31(13)14)54(66)44(32(15)16)62(50)74/h17-32,45-46,63-74H,1-16H3. The van der Waals surface area contributed by atoms with Crippen molar-refractivity contribution in [1.29, 1.82) is 0 Å². The zero-order chi connectivity index (χ0) is 55.6. The fourth-order valence-corrected chi connectivity index (χ4v) is 11.2. The van der Waals surface area contributed by atoms with E-state index in [9.17, 15) is 61.3 Å². The van der Waals surface area contributed by atoms with Gasteiger partial charge >= 0.3 is 0 Å². The van der Waals surface area contributed by atoms with Crippen molar-refractivity contribution in [2.45, 2.75) is 170 Å². The molecule has 0 aliphatic rings. The van der Waals surface area contributed by atoms with Crippen molar-refractivity contribution in [3.63, 3.8) is 0 Å². The Morgan fingerprint density at radius 2 is 0.311 bits per heavy atom. The third kappa shape index (κ3) is 9.30. The summed E-state index contributed by atoms with van der Waals surface area (Å²) >= 11 is 0. The van der Waals surface area contributed by atoms with E-state index in [2.05, 4.69) is 0 Å². The second kappa shape index (κ2) is 21.0. The lowest BCUT2D eigenvalue weighted by atomic mass is 9.76. The van der Waals surface area contributed by atoms with Crippen molar-refractivity contribution in [3.05, 3.63) is 126 Å². The van der Waals surface area contributed by atoms with Crippen LogP contribution in [0.25, 0.3) is 11.1 Å². The van der Waals surface area contributed by atoms with E-state index in [1.165, 1.54) is 0 Å². The molecule has 0 unspecified atom stereocenters. The average molecular weight is 1020 g/mol. The highest BCUT2D eigenvalue weighted by Crippen LogP contribution is 2.61. The number of phenolic OH excluding ortho intramolecular Hbond substituents is 12. The Morgan fingerprint density at radius 1 is 0.189 bits per heavy atom. The molecule has 0 aromatic heterocycles. The van der Waals surface area contributed by atoms with Crippen LogP contribution in [0.5, 0.6) is 69.0 Å². The minimum absolute atomic E-state index is 0.0528. The fourth-order valence-electron chi connectivity index (χ4n) is 11.2. The van der Waals surface area contributed by atoms with Crippen LogP contribution in [0, 0.1) is 0 Å². The van der Waals surface area contributed by atoms with E-state index in [4.69, 9.17) is 0 Å². The second-order valence-electron chi connectivity index (χ2n) is 22.5. The quantitative estimate of drug-likeness (QED) is 0.0430. The van der Waals surface area contributed by atoms with Gasteiger partial charge in [-0.15, -0.1) is 0 Å². The zero-order valence-corrected chi connectivity index (χ0v) is 45.8. The van der Waals surface area contributed by atoms with Gasteiger partial charge in [0.15, 0.2) is 0 Å². The number of rotatable bonds is 15. The zero-order valence-electron chi connectivity index (χ0n) is 45.8. The second-order valence-corrected chi connectivity index (χ2v) is 22.5. The Bertz CT molecular complexity index is 2570. The van der Waals surface area contributed by atoms with Gasteiger partial charge < -0.3 is 61.3 Å². The van der Waals surface area contributed by atoms with Crippen LogP contribution in [-0.2, 0) is 0 Å². The average Bonchev–Trinajstić information content (AvgIpc) is 3.26. The lowest BCUT2D eigenvalue weighted by Gasteiger charge is -2.30. The third-order valence-electron chi connectivity index (χ3n) is 14.7. The lowest BCUT2D eigenvalue weighted by molar-refractivity contribution is 0.383. The first-order valence-corrected chi connectivity index (χ1v) is 25.9. The molecule has 0 amide bonds. The molecule has 0 fully saturated rings. The summed E-state index contributed by atoms with van der Waals surface area (Å²) < 4.78 is 0. The molecule has 0 saturated carbocycles. The van der Waals surface area contributed by atoms with Crippen molar-refractivity contribution in [2.75, 3.05) is 0 Å². The molecule has 6 aromatic carbocycles. The van der Waals surface area contributed by atoms with Crippen LogP contribution in [0.3, 0.4) is 0 Å². The van der Waals surface area contributed by atoms with Crippen molar-refractivity contribution in [3.8, 4) is 80.1 Å². The summed E-state index contributed by atoms with van der Waals surface area (Å²) in [6.07, 6.45) is 0. The summed E-state index contributed by atoms with van der Waals surface area (Å²) in [7, 11) is 0. The fraction of sp³-hybridized carbons (Fsp3) is 0.419. The predicted molar refractivity (Wildman–Crippen MR) is 292 cm³/mol. The highest BCUT2D eigenvalue weighted by atomic mass is 16.3. The summed E-state index contributed by atoms with van der Waals surface area (Å²) in [5.41, 5.74) is 3.40. The number of benzene rings is 6. The highest BCUT2D eigenvalue weighted by Gasteiger charge is 2.40. The van der Waals surface area contributed by atoms with Crippen molar-refractivity contribution in [1.82, 2.24) is 0 Å². The van der Waals surface area contributed by atoms with Gasteiger partial charge in [-0.25, -0.2) is 0 Å². The van der Waals surface area contributed by atoms with E-state index >= 15 is 0 Å². The van der Waals surface area contributed by atoms with Gasteiger partial charge in [0.05, 0.1) is 0 Å². The van der Waals surface area contributed by atoms with E-state index in [1.807, 2.05) is 0 Å². The monoisotopic (exact) mass is 1010 g/mol. The Balaban J connectivity index is 1.66. The number of hydrogen-bond acceptors (Lipinski definition) is 12. The number of hydrogen-bond donors (Lipinski definition) is 12. The molecular weight excluding hydrogens is 937 g/mol. The molecule has 0 bridgehead atoms. The van der Waals surface area contributed by atoms with Crippen LogP contribution >= 0.6 is 0 Å². The summed E-state index contributed by atoms with van der Waals surface area (Å²) in [5.74, 6) is -10.3. The van der Waals surface area contributed by atoms with Crippen LogP contribution in [0.2, 0.25) is 0 Å². The highest BCUT2D eigenvalue weighted by molar-refractivity contribution is 5.76. The number of aromatic hydroxyl groups is 12. The topological polar surface area (TPSA) is 243 Å². The van der Waals surface area contributed by atoms with Crippen LogP contribution in [0.4, 0.5) is 0 Å². The molecule has 12 heteroatoms. The normalized spacial score (nSPS) is 12.3. The summed E-state index contributed by atoms with van der Waals surface area (Å²) in [6, 6.07) is 14.1. The molecule has 0 heterocycles. The summed E-state index contributed by atoms with van der Waals surface area (Å²) in [4.78, 5) is 0. The van der Waals surface area contributed by atoms with Gasteiger partial charge in [0.2, 0.25) is 0 Å². The summed E-state index contributed by atoms with van der Waals surface area (Å²) in [6.45, 7) is 28.7. The molecule has 0 atom stereocenters. The van der Waals surface area contributed by atoms with Crippen LogP contribution in [-0.4, -0.2) is 61.3 Å². The Morgan fingerprint density at radius 3 is 0.432 bits per heavy atom. The van der Waals surface area contributed by atoms with Gasteiger partial charge in [0, 0.05) is 78.6 Å². The Labute approximate surface area is 436 Å². The first-order chi connectivity index (χ1) is 34.4. The van der Waals surface area contributed by atoms with E-state index < -0.39 is 105 Å². The maximum absolute atomic E-state index is 12.2. The summed E-state index contributed by atoms with van der Waals surface area (Å²) in [5, 5.41) is 144. The molecule has 6 aromatic rings. The van der Waals surface area contributed by atoms with Crippen LogP contribution in [0.15, 0.2) is 48.5 Å². The Kier molecular flexibility index (Phi) is 16.0. The van der Waals surface area contributed by atoms with Gasteiger partial charge in [0.1, 0.15) is 69.0 Å². The van der Waals surface area contributed by atoms with E-state index in [1.54, 1.807) is 159 Å². The maximum Gasteiger partial charge on any atom is 0.130 e. The molecule has 0 aliphatic carbocycles. The van der Waals surface area contributed by atoms with Gasteiger partial charge in [-0.2, -0.15) is 0 Å². The van der Waals surface area contributed by atoms with Crippen LogP contribution < -0.4 is 0 Å². The molecule has 398 valence electrons. The van der Waals surface area contributed by atoms with E-state index in [0.717, 1.165) is 0 Å². The van der Waals surface area contributed by atoms with Crippen molar-refractivity contribution >= 4 is 0 Å². The molecular formula is C62H78O12. The van der Waals surface area contributed by atoms with Crippen LogP contribution in [0.1, 0.15) is 248 Å². The predicted octanol–water partition coefficient (Wildman–Crippen LogP) is 15.2. The maximum atomic E-state index is 12.2. The Hall–Kier alpha value is -7.08. The molecule has 6 rings (SSSR count). The first-order valence-electron chi connectivity index (χ1n) is 25.9. The van der Waals surface area contributed by atoms with Crippen molar-refractivity contribution in [2.24, 2.45) is 0 Å². The largest absolute Gasteiger partial charge is 0.507 e. The minimum Gasteiger partial charge on any atom is -0.507 e. The van der Waals surface area contributed by atoms with Gasteiger partial charge in [-0.1, -0.05) is 159 Å². The number of phenols is 12. The third-order valence-corrected chi connectivity index (χ3v) is 14.7. The molecule has 0 saturated heterocycles. The van der Waals surface area contributed by atoms with Gasteiger partial charge in [-0.3, -0.25) is 0 Å². The van der Waals surface area contributed by atoms with E-state index in [0.29, 0.717) is 22.3 Å². The smallest absolute Gasteiger partial charge is 0.130 e.